The van der Waals surface area contributed by atoms with Gasteiger partial charge in [0.1, 0.15) is 5.54 Å². The minimum atomic E-state index is -0.771. The Kier molecular flexibility index (Phi) is 4.64. The predicted molar refractivity (Wildman–Crippen MR) is 59.5 cm³/mol. The lowest BCUT2D eigenvalue weighted by molar-refractivity contribution is -0.145. The van der Waals surface area contributed by atoms with Crippen LogP contribution in [0.5, 0.6) is 0 Å². The van der Waals surface area contributed by atoms with Crippen molar-refractivity contribution in [2.75, 3.05) is 6.54 Å². The Bertz CT molecular complexity index is 247. The standard InChI is InChI=1S/C12H19NO2/c1-2-10-13-12(11(14)15)8-6-4-3-5-7-9-12/h1,13H,3-10H2,(H,14,15). The molecule has 0 heterocycles. The van der Waals surface area contributed by atoms with Crippen LogP contribution in [-0.4, -0.2) is 23.2 Å². The van der Waals surface area contributed by atoms with Crippen molar-refractivity contribution in [1.82, 2.24) is 5.32 Å². The SMILES string of the molecule is C#CCNC1(C(=O)O)CCCCCCC1. The van der Waals surface area contributed by atoms with Gasteiger partial charge in [-0.3, -0.25) is 10.1 Å². The summed E-state index contributed by atoms with van der Waals surface area (Å²) in [6, 6.07) is 0. The molecule has 0 aliphatic heterocycles. The number of rotatable bonds is 3. The summed E-state index contributed by atoms with van der Waals surface area (Å²) in [5.41, 5.74) is -0.771. The van der Waals surface area contributed by atoms with Crippen LogP contribution in [0, 0.1) is 12.3 Å². The summed E-state index contributed by atoms with van der Waals surface area (Å²) < 4.78 is 0. The topological polar surface area (TPSA) is 49.3 Å². The lowest BCUT2D eigenvalue weighted by Crippen LogP contribution is -2.52. The van der Waals surface area contributed by atoms with Gasteiger partial charge in [0, 0.05) is 0 Å². The lowest BCUT2D eigenvalue weighted by Gasteiger charge is -2.31. The number of carboxylic acid groups (broad SMARTS) is 1. The Hall–Kier alpha value is -1.01. The minimum Gasteiger partial charge on any atom is -0.480 e. The van der Waals surface area contributed by atoms with E-state index in [1.807, 2.05) is 0 Å². The molecule has 0 bridgehead atoms. The summed E-state index contributed by atoms with van der Waals surface area (Å²) in [5.74, 6) is 1.71. The normalized spacial score (nSPS) is 21.0. The Balaban J connectivity index is 2.67. The molecular formula is C12H19NO2. The third kappa shape index (κ3) is 3.24. The fourth-order valence-corrected chi connectivity index (χ4v) is 2.20. The molecule has 2 N–H and O–H groups in total. The third-order valence-corrected chi connectivity index (χ3v) is 3.15. The first-order valence-corrected chi connectivity index (χ1v) is 5.63. The molecule has 0 amide bonds. The van der Waals surface area contributed by atoms with Crippen LogP contribution in [0.4, 0.5) is 0 Å². The summed E-state index contributed by atoms with van der Waals surface area (Å²) in [6.45, 7) is 0.340. The quantitative estimate of drug-likeness (QED) is 0.696. The molecule has 1 rings (SSSR count). The van der Waals surface area contributed by atoms with Crippen molar-refractivity contribution in [1.29, 1.82) is 0 Å². The summed E-state index contributed by atoms with van der Waals surface area (Å²) in [5, 5.41) is 12.3. The summed E-state index contributed by atoms with van der Waals surface area (Å²) in [6.07, 6.45) is 12.0. The number of carbonyl (C=O) groups is 1. The van der Waals surface area contributed by atoms with Crippen molar-refractivity contribution in [3.8, 4) is 12.3 Å². The first-order valence-electron chi connectivity index (χ1n) is 5.63. The van der Waals surface area contributed by atoms with E-state index in [9.17, 15) is 9.90 Å². The predicted octanol–water partition coefficient (Wildman–Crippen LogP) is 1.78. The van der Waals surface area contributed by atoms with Crippen LogP contribution in [0.15, 0.2) is 0 Å². The van der Waals surface area contributed by atoms with E-state index in [2.05, 4.69) is 11.2 Å². The van der Waals surface area contributed by atoms with E-state index >= 15 is 0 Å². The van der Waals surface area contributed by atoms with E-state index < -0.39 is 11.5 Å². The number of hydrogen-bond acceptors (Lipinski definition) is 2. The van der Waals surface area contributed by atoms with Crippen LogP contribution in [0.25, 0.3) is 0 Å². The summed E-state index contributed by atoms with van der Waals surface area (Å²) >= 11 is 0. The van der Waals surface area contributed by atoms with Gasteiger partial charge < -0.3 is 5.11 Å². The van der Waals surface area contributed by atoms with Crippen LogP contribution >= 0.6 is 0 Å². The Labute approximate surface area is 91.3 Å². The second-order valence-electron chi connectivity index (χ2n) is 4.21. The van der Waals surface area contributed by atoms with Gasteiger partial charge in [-0.05, 0) is 12.8 Å². The Morgan fingerprint density at radius 2 is 1.80 bits per heavy atom. The fourth-order valence-electron chi connectivity index (χ4n) is 2.20. The smallest absolute Gasteiger partial charge is 0.323 e. The monoisotopic (exact) mass is 209 g/mol. The highest BCUT2D eigenvalue weighted by molar-refractivity contribution is 5.78. The molecule has 1 fully saturated rings. The maximum absolute atomic E-state index is 11.3. The van der Waals surface area contributed by atoms with Gasteiger partial charge in [-0.25, -0.2) is 0 Å². The molecule has 0 aromatic carbocycles. The number of nitrogens with one attached hydrogen (secondary N) is 1. The van der Waals surface area contributed by atoms with Crippen LogP contribution in [-0.2, 0) is 4.79 Å². The summed E-state index contributed by atoms with van der Waals surface area (Å²) in [7, 11) is 0. The molecule has 15 heavy (non-hydrogen) atoms. The molecule has 0 unspecified atom stereocenters. The number of carboxylic acids is 1. The van der Waals surface area contributed by atoms with Crippen LogP contribution < -0.4 is 5.32 Å². The molecule has 0 radical (unpaired) electrons. The molecule has 0 aromatic heterocycles. The molecule has 3 heteroatoms. The van der Waals surface area contributed by atoms with Crippen molar-refractivity contribution in [3.63, 3.8) is 0 Å². The van der Waals surface area contributed by atoms with Crippen LogP contribution in [0.3, 0.4) is 0 Å². The van der Waals surface area contributed by atoms with E-state index in [1.165, 1.54) is 6.42 Å². The number of aliphatic carboxylic acids is 1. The minimum absolute atomic E-state index is 0.340. The van der Waals surface area contributed by atoms with E-state index in [1.54, 1.807) is 0 Å². The average molecular weight is 209 g/mol. The highest BCUT2D eigenvalue weighted by Gasteiger charge is 2.37. The van der Waals surface area contributed by atoms with Gasteiger partial charge in [0.25, 0.3) is 0 Å². The molecule has 1 aliphatic rings. The number of hydrogen-bond donors (Lipinski definition) is 2. The van der Waals surface area contributed by atoms with Gasteiger partial charge in [-0.1, -0.05) is 38.0 Å². The van der Waals surface area contributed by atoms with E-state index in [0.29, 0.717) is 19.4 Å². The third-order valence-electron chi connectivity index (χ3n) is 3.15. The first-order chi connectivity index (χ1) is 7.21. The van der Waals surface area contributed by atoms with Gasteiger partial charge in [-0.2, -0.15) is 0 Å². The maximum atomic E-state index is 11.3. The highest BCUT2D eigenvalue weighted by atomic mass is 16.4. The van der Waals surface area contributed by atoms with Crippen LogP contribution in [0.1, 0.15) is 44.9 Å². The van der Waals surface area contributed by atoms with Crippen molar-refractivity contribution in [2.45, 2.75) is 50.5 Å². The highest BCUT2D eigenvalue weighted by Crippen LogP contribution is 2.26. The molecule has 84 valence electrons. The molecule has 0 atom stereocenters. The molecular weight excluding hydrogens is 190 g/mol. The zero-order valence-electron chi connectivity index (χ0n) is 9.09. The van der Waals surface area contributed by atoms with Crippen molar-refractivity contribution in [3.05, 3.63) is 0 Å². The van der Waals surface area contributed by atoms with Gasteiger partial charge in [0.2, 0.25) is 0 Å². The Morgan fingerprint density at radius 3 is 2.27 bits per heavy atom. The van der Waals surface area contributed by atoms with E-state index in [-0.39, 0.29) is 0 Å². The lowest BCUT2D eigenvalue weighted by atomic mass is 9.84. The first kappa shape index (κ1) is 12.1. The molecule has 1 aliphatic carbocycles. The molecule has 3 nitrogen and oxygen atoms in total. The van der Waals surface area contributed by atoms with Crippen molar-refractivity contribution in [2.24, 2.45) is 0 Å². The van der Waals surface area contributed by atoms with Gasteiger partial charge in [-0.15, -0.1) is 6.42 Å². The van der Waals surface area contributed by atoms with Gasteiger partial charge in [0.15, 0.2) is 0 Å². The molecule has 0 spiro atoms. The van der Waals surface area contributed by atoms with Crippen molar-refractivity contribution >= 4 is 5.97 Å². The maximum Gasteiger partial charge on any atom is 0.323 e. The van der Waals surface area contributed by atoms with E-state index in [0.717, 1.165) is 25.7 Å². The zero-order chi connectivity index (χ0) is 11.1. The second-order valence-corrected chi connectivity index (χ2v) is 4.21. The summed E-state index contributed by atoms with van der Waals surface area (Å²) in [4.78, 5) is 11.3. The van der Waals surface area contributed by atoms with Crippen molar-refractivity contribution < 1.29 is 9.90 Å². The Morgan fingerprint density at radius 1 is 1.27 bits per heavy atom. The zero-order valence-corrected chi connectivity index (χ0v) is 9.09. The fraction of sp³-hybridized carbons (Fsp3) is 0.750. The van der Waals surface area contributed by atoms with Crippen LogP contribution in [0.2, 0.25) is 0 Å². The largest absolute Gasteiger partial charge is 0.480 e. The van der Waals surface area contributed by atoms with Gasteiger partial charge in [0.05, 0.1) is 6.54 Å². The second kappa shape index (κ2) is 5.77. The molecule has 1 saturated carbocycles. The molecule has 0 aromatic rings. The number of terminal acetylenes is 1. The average Bonchev–Trinajstić information content (AvgIpc) is 2.16. The molecule has 0 saturated heterocycles. The van der Waals surface area contributed by atoms with E-state index in [4.69, 9.17) is 6.42 Å². The van der Waals surface area contributed by atoms with Gasteiger partial charge >= 0.3 is 5.97 Å².